The molecular weight excluding hydrogens is 359 g/mol. The first-order valence-corrected chi connectivity index (χ1v) is 10.6. The van der Waals surface area contributed by atoms with Crippen molar-refractivity contribution < 1.29 is 22.3 Å². The molecule has 0 N–H and O–H groups in total. The van der Waals surface area contributed by atoms with Gasteiger partial charge >= 0.3 is 5.97 Å². The molecule has 6 nitrogen and oxygen atoms in total. The van der Waals surface area contributed by atoms with Crippen molar-refractivity contribution in [2.24, 2.45) is 0 Å². The molecule has 1 saturated heterocycles. The first-order chi connectivity index (χ1) is 12.4. The number of hydrogen-bond donors (Lipinski definition) is 0. The van der Waals surface area contributed by atoms with Crippen LogP contribution in [0.2, 0.25) is 0 Å². The smallest absolute Gasteiger partial charge is 0.325 e. The molecule has 1 atom stereocenters. The van der Waals surface area contributed by atoms with E-state index < -0.39 is 22.0 Å². The monoisotopic (exact) mass is 384 g/mol. The fraction of sp³-hybridized carbons (Fsp3) is 0.611. The highest BCUT2D eigenvalue weighted by Crippen LogP contribution is 2.27. The number of carbonyl (C=O) groups excluding carboxylic acids is 1. The maximum atomic E-state index is 13.2. The molecule has 1 aromatic rings. The van der Waals surface area contributed by atoms with Gasteiger partial charge < -0.3 is 4.74 Å². The van der Waals surface area contributed by atoms with E-state index in [1.54, 1.807) is 12.1 Å². The molecule has 2 fully saturated rings. The van der Waals surface area contributed by atoms with E-state index in [-0.39, 0.29) is 18.1 Å². The molecule has 1 unspecified atom stereocenters. The zero-order valence-corrected chi connectivity index (χ0v) is 15.8. The third-order valence-electron chi connectivity index (χ3n) is 5.31. The Labute approximate surface area is 154 Å². The Kier molecular flexibility index (Phi) is 5.94. The van der Waals surface area contributed by atoms with Crippen molar-refractivity contribution in [3.05, 3.63) is 35.6 Å². The molecule has 1 aliphatic heterocycles. The Hall–Kier alpha value is -1.51. The minimum absolute atomic E-state index is 0.0287. The summed E-state index contributed by atoms with van der Waals surface area (Å²) in [7, 11) is -2.36. The van der Waals surface area contributed by atoms with Gasteiger partial charge in [0.15, 0.2) is 0 Å². The van der Waals surface area contributed by atoms with E-state index in [0.717, 1.165) is 25.7 Å². The normalized spacial score (nSPS) is 25.1. The number of sulfonamides is 1. The Morgan fingerprint density at radius 1 is 1.23 bits per heavy atom. The summed E-state index contributed by atoms with van der Waals surface area (Å²) in [6, 6.07) is 5.09. The minimum Gasteiger partial charge on any atom is -0.468 e. The molecule has 0 spiro atoms. The van der Waals surface area contributed by atoms with E-state index in [4.69, 9.17) is 4.74 Å². The Balaban J connectivity index is 1.89. The van der Waals surface area contributed by atoms with Gasteiger partial charge in [-0.2, -0.15) is 4.31 Å². The van der Waals surface area contributed by atoms with Crippen LogP contribution in [0.3, 0.4) is 0 Å². The van der Waals surface area contributed by atoms with Gasteiger partial charge in [0, 0.05) is 25.7 Å². The topological polar surface area (TPSA) is 66.9 Å². The van der Waals surface area contributed by atoms with Crippen LogP contribution in [-0.4, -0.2) is 61.6 Å². The quantitative estimate of drug-likeness (QED) is 0.740. The molecular formula is C18H25FN2O4S. The summed E-state index contributed by atoms with van der Waals surface area (Å²) in [6.07, 6.45) is 4.34. The van der Waals surface area contributed by atoms with Crippen LogP contribution in [0.15, 0.2) is 24.3 Å². The molecule has 26 heavy (non-hydrogen) atoms. The fourth-order valence-electron chi connectivity index (χ4n) is 3.86. The second kappa shape index (κ2) is 8.02. The lowest BCUT2D eigenvalue weighted by atomic mass is 10.1. The number of halogens is 1. The van der Waals surface area contributed by atoms with Crippen molar-refractivity contribution in [1.29, 1.82) is 0 Å². The van der Waals surface area contributed by atoms with Crippen LogP contribution >= 0.6 is 0 Å². The number of ether oxygens (including phenoxy) is 1. The molecule has 3 rings (SSSR count). The molecule has 0 aromatic heterocycles. The summed E-state index contributed by atoms with van der Waals surface area (Å²) in [5.74, 6) is -0.969. The van der Waals surface area contributed by atoms with Crippen LogP contribution < -0.4 is 0 Å². The number of rotatable bonds is 4. The highest BCUT2D eigenvalue weighted by atomic mass is 32.2. The van der Waals surface area contributed by atoms with E-state index in [1.165, 1.54) is 23.5 Å². The van der Waals surface area contributed by atoms with E-state index in [9.17, 15) is 17.6 Å². The number of esters is 1. The van der Waals surface area contributed by atoms with Crippen molar-refractivity contribution in [2.45, 2.75) is 44.3 Å². The summed E-state index contributed by atoms with van der Waals surface area (Å²) in [5.41, 5.74) is 0.637. The van der Waals surface area contributed by atoms with Gasteiger partial charge in [0.05, 0.1) is 12.9 Å². The number of benzene rings is 1. The van der Waals surface area contributed by atoms with Crippen molar-refractivity contribution >= 4 is 16.0 Å². The predicted molar refractivity (Wildman–Crippen MR) is 95.4 cm³/mol. The Morgan fingerprint density at radius 3 is 2.50 bits per heavy atom. The first-order valence-electron chi connectivity index (χ1n) is 8.96. The highest BCUT2D eigenvalue weighted by Gasteiger charge is 2.41. The van der Waals surface area contributed by atoms with Gasteiger partial charge in [-0.05, 0) is 30.5 Å². The van der Waals surface area contributed by atoms with Gasteiger partial charge in [-0.1, -0.05) is 25.0 Å². The molecule has 0 amide bonds. The number of nitrogens with zero attached hydrogens (tertiary/aromatic N) is 2. The van der Waals surface area contributed by atoms with Crippen molar-refractivity contribution in [3.8, 4) is 0 Å². The van der Waals surface area contributed by atoms with Crippen LogP contribution in [0.4, 0.5) is 4.39 Å². The lowest BCUT2D eigenvalue weighted by Crippen LogP contribution is -2.49. The maximum Gasteiger partial charge on any atom is 0.325 e. The van der Waals surface area contributed by atoms with Gasteiger partial charge in [0.2, 0.25) is 10.0 Å². The molecule has 2 aliphatic rings. The van der Waals surface area contributed by atoms with Crippen LogP contribution in [0, 0.1) is 5.82 Å². The van der Waals surface area contributed by atoms with Crippen LogP contribution in [0.1, 0.15) is 31.2 Å². The summed E-state index contributed by atoms with van der Waals surface area (Å²) >= 11 is 0. The van der Waals surface area contributed by atoms with E-state index in [1.807, 2.05) is 0 Å². The van der Waals surface area contributed by atoms with E-state index in [0.29, 0.717) is 24.7 Å². The van der Waals surface area contributed by atoms with Gasteiger partial charge in [-0.25, -0.2) is 12.8 Å². The second-order valence-corrected chi connectivity index (χ2v) is 9.00. The largest absolute Gasteiger partial charge is 0.468 e. The Bertz CT molecular complexity index is 732. The maximum absolute atomic E-state index is 13.2. The van der Waals surface area contributed by atoms with Crippen molar-refractivity contribution in [2.75, 3.05) is 26.0 Å². The summed E-state index contributed by atoms with van der Waals surface area (Å²) < 4.78 is 45.0. The number of methoxy groups -OCH3 is 1. The number of hydrogen-bond acceptors (Lipinski definition) is 5. The van der Waals surface area contributed by atoms with Crippen LogP contribution in [0.25, 0.3) is 0 Å². The number of carbonyl (C=O) groups is 1. The van der Waals surface area contributed by atoms with Gasteiger partial charge in [-0.3, -0.25) is 9.69 Å². The molecule has 1 heterocycles. The summed E-state index contributed by atoms with van der Waals surface area (Å²) in [4.78, 5) is 14.5. The van der Waals surface area contributed by atoms with Crippen LogP contribution in [0.5, 0.6) is 0 Å². The van der Waals surface area contributed by atoms with Gasteiger partial charge in [0.25, 0.3) is 0 Å². The van der Waals surface area contributed by atoms with E-state index in [2.05, 4.69) is 4.90 Å². The summed E-state index contributed by atoms with van der Waals surface area (Å²) in [6.45, 7) is 0.777. The zero-order chi connectivity index (χ0) is 18.7. The SMILES string of the molecule is COC(=O)C1CN(C2CCCC2)CCS(=O)(=O)N1Cc1ccc(F)cc1. The standard InChI is InChI=1S/C18H25FN2O4S/c1-25-18(22)17-13-20(16-4-2-3-5-16)10-11-26(23,24)21(17)12-14-6-8-15(19)9-7-14/h6-9,16-17H,2-5,10-13H2,1H3. The summed E-state index contributed by atoms with van der Waals surface area (Å²) in [5, 5.41) is 0. The van der Waals surface area contributed by atoms with Gasteiger partial charge in [0.1, 0.15) is 11.9 Å². The third kappa shape index (κ3) is 4.24. The third-order valence-corrected chi connectivity index (χ3v) is 7.11. The average Bonchev–Trinajstić information content (AvgIpc) is 3.12. The van der Waals surface area contributed by atoms with Gasteiger partial charge in [-0.15, -0.1) is 0 Å². The Morgan fingerprint density at radius 2 is 1.88 bits per heavy atom. The predicted octanol–water partition coefficient (Wildman–Crippen LogP) is 1.76. The lowest BCUT2D eigenvalue weighted by molar-refractivity contribution is -0.146. The average molecular weight is 384 g/mol. The molecule has 144 valence electrons. The minimum atomic E-state index is -3.64. The second-order valence-electron chi connectivity index (χ2n) is 6.96. The van der Waals surface area contributed by atoms with Crippen LogP contribution in [-0.2, 0) is 26.1 Å². The molecule has 8 heteroatoms. The fourth-order valence-corrected chi connectivity index (χ4v) is 5.44. The van der Waals surface area contributed by atoms with E-state index >= 15 is 0 Å². The first kappa shape index (κ1) is 19.3. The molecule has 1 aliphatic carbocycles. The van der Waals surface area contributed by atoms with Crippen molar-refractivity contribution in [3.63, 3.8) is 0 Å². The molecule has 1 aromatic carbocycles. The molecule has 0 bridgehead atoms. The molecule has 1 saturated carbocycles. The zero-order valence-electron chi connectivity index (χ0n) is 14.9. The highest BCUT2D eigenvalue weighted by molar-refractivity contribution is 7.89. The lowest BCUT2D eigenvalue weighted by Gasteiger charge is -2.31. The molecule has 0 radical (unpaired) electrons. The van der Waals surface area contributed by atoms with Crippen molar-refractivity contribution in [1.82, 2.24) is 9.21 Å².